The van der Waals surface area contributed by atoms with Gasteiger partial charge >= 0.3 is 0 Å². The second-order valence-electron chi connectivity index (χ2n) is 4.78. The van der Waals surface area contributed by atoms with E-state index in [4.69, 9.17) is 20.4 Å². The van der Waals surface area contributed by atoms with Crippen molar-refractivity contribution in [3.8, 4) is 0 Å². The van der Waals surface area contributed by atoms with Crippen LogP contribution < -0.4 is 0 Å². The number of hydrogen-bond donors (Lipinski definition) is 4. The summed E-state index contributed by atoms with van der Waals surface area (Å²) >= 11 is 0. The normalized spacial score (nSPS) is 13.6. The van der Waals surface area contributed by atoms with Gasteiger partial charge in [-0.05, 0) is 51.4 Å². The second-order valence-corrected chi connectivity index (χ2v) is 4.78. The fourth-order valence-electron chi connectivity index (χ4n) is 1.55. The van der Waals surface area contributed by atoms with Crippen LogP contribution in [0, 0.1) is 0 Å². The SMILES string of the molecule is C=CCC(O)CCCCO.CCC(O)CCCC=CO. The number of hydrogen-bond acceptors (Lipinski definition) is 4. The molecule has 0 saturated carbocycles. The van der Waals surface area contributed by atoms with Crippen LogP contribution in [0.2, 0.25) is 0 Å². The monoisotopic (exact) mass is 288 g/mol. The third kappa shape index (κ3) is 19.5. The molecule has 0 heterocycles. The van der Waals surface area contributed by atoms with Gasteiger partial charge in [0.25, 0.3) is 0 Å². The van der Waals surface area contributed by atoms with Gasteiger partial charge in [0.2, 0.25) is 0 Å². The molecule has 0 aromatic heterocycles. The Morgan fingerprint density at radius 2 is 1.70 bits per heavy atom. The van der Waals surface area contributed by atoms with Gasteiger partial charge in [-0.15, -0.1) is 6.58 Å². The molecule has 4 N–H and O–H groups in total. The molecular formula is C16H32O4. The number of unbranched alkanes of at least 4 members (excludes halogenated alkanes) is 2. The first kappa shape index (κ1) is 21.5. The minimum atomic E-state index is -0.260. The van der Waals surface area contributed by atoms with E-state index in [0.717, 1.165) is 51.2 Å². The van der Waals surface area contributed by atoms with Gasteiger partial charge in [-0.2, -0.15) is 0 Å². The molecule has 120 valence electrons. The van der Waals surface area contributed by atoms with Crippen LogP contribution in [0.3, 0.4) is 0 Å². The molecule has 0 aliphatic carbocycles. The van der Waals surface area contributed by atoms with E-state index in [1.54, 1.807) is 12.2 Å². The summed E-state index contributed by atoms with van der Waals surface area (Å²) in [7, 11) is 0. The third-order valence-corrected chi connectivity index (χ3v) is 2.87. The summed E-state index contributed by atoms with van der Waals surface area (Å²) < 4.78 is 0. The first-order valence-corrected chi connectivity index (χ1v) is 7.49. The van der Waals surface area contributed by atoms with Gasteiger partial charge in [0, 0.05) is 6.61 Å². The lowest BCUT2D eigenvalue weighted by Gasteiger charge is -2.05. The van der Waals surface area contributed by atoms with E-state index in [1.807, 2.05) is 6.92 Å². The zero-order valence-corrected chi connectivity index (χ0v) is 12.7. The van der Waals surface area contributed by atoms with Gasteiger partial charge in [0.15, 0.2) is 0 Å². The topological polar surface area (TPSA) is 80.9 Å². The fourth-order valence-corrected chi connectivity index (χ4v) is 1.55. The lowest BCUT2D eigenvalue weighted by molar-refractivity contribution is 0.158. The Kier molecular flexibility index (Phi) is 19.5. The van der Waals surface area contributed by atoms with Crippen molar-refractivity contribution in [2.24, 2.45) is 0 Å². The van der Waals surface area contributed by atoms with Crippen LogP contribution in [0.25, 0.3) is 0 Å². The molecule has 2 unspecified atom stereocenters. The number of aliphatic hydroxyl groups is 4. The fraction of sp³-hybridized carbons (Fsp3) is 0.750. The summed E-state index contributed by atoms with van der Waals surface area (Å²) in [6, 6.07) is 0. The Morgan fingerprint density at radius 3 is 2.20 bits per heavy atom. The average Bonchev–Trinajstić information content (AvgIpc) is 2.44. The van der Waals surface area contributed by atoms with Crippen LogP contribution in [0.4, 0.5) is 0 Å². The second kappa shape index (κ2) is 18.2. The minimum absolute atomic E-state index is 0.160. The molecule has 0 aromatic carbocycles. The van der Waals surface area contributed by atoms with E-state index in [-0.39, 0.29) is 18.8 Å². The smallest absolute Gasteiger partial charge is 0.0751 e. The van der Waals surface area contributed by atoms with Crippen molar-refractivity contribution in [2.45, 2.75) is 70.5 Å². The van der Waals surface area contributed by atoms with Crippen molar-refractivity contribution in [1.29, 1.82) is 0 Å². The van der Waals surface area contributed by atoms with E-state index >= 15 is 0 Å². The Bertz CT molecular complexity index is 217. The highest BCUT2D eigenvalue weighted by Crippen LogP contribution is 2.04. The first-order chi connectivity index (χ1) is 9.62. The van der Waals surface area contributed by atoms with E-state index in [1.165, 1.54) is 0 Å². The van der Waals surface area contributed by atoms with Gasteiger partial charge < -0.3 is 20.4 Å². The highest BCUT2D eigenvalue weighted by Gasteiger charge is 1.99. The standard InChI is InChI=1S/2C8H16O2/c1-2-8(10)6-4-3-5-7-9;1-2-5-8(10)6-3-4-7-9/h5,7-10H,2-4,6H2,1H3;2,8-10H,1,3-7H2. The molecule has 0 aliphatic heterocycles. The molecule has 2 atom stereocenters. The molecule has 0 aliphatic rings. The quantitative estimate of drug-likeness (QED) is 0.267. The maximum absolute atomic E-state index is 9.12. The van der Waals surface area contributed by atoms with Crippen molar-refractivity contribution in [1.82, 2.24) is 0 Å². The van der Waals surface area contributed by atoms with Gasteiger partial charge in [0.05, 0.1) is 18.5 Å². The molecule has 0 aromatic rings. The zero-order chi connectivity index (χ0) is 15.6. The molecule has 4 nitrogen and oxygen atoms in total. The first-order valence-electron chi connectivity index (χ1n) is 7.49. The van der Waals surface area contributed by atoms with Gasteiger partial charge in [-0.1, -0.05) is 19.1 Å². The van der Waals surface area contributed by atoms with Gasteiger partial charge in [-0.25, -0.2) is 0 Å². The van der Waals surface area contributed by atoms with Gasteiger partial charge in [0.1, 0.15) is 0 Å². The number of rotatable bonds is 11. The van der Waals surface area contributed by atoms with Crippen LogP contribution in [-0.4, -0.2) is 39.2 Å². The van der Waals surface area contributed by atoms with E-state index < -0.39 is 0 Å². The predicted molar refractivity (Wildman–Crippen MR) is 83.7 cm³/mol. The molecule has 0 saturated heterocycles. The third-order valence-electron chi connectivity index (χ3n) is 2.87. The molecule has 20 heavy (non-hydrogen) atoms. The highest BCUT2D eigenvalue weighted by atomic mass is 16.3. The lowest BCUT2D eigenvalue weighted by Crippen LogP contribution is -2.04. The van der Waals surface area contributed by atoms with E-state index in [9.17, 15) is 0 Å². The van der Waals surface area contributed by atoms with Crippen molar-refractivity contribution < 1.29 is 20.4 Å². The summed E-state index contributed by atoms with van der Waals surface area (Å²) in [5.41, 5.74) is 0. The zero-order valence-electron chi connectivity index (χ0n) is 12.7. The Balaban J connectivity index is 0. The van der Waals surface area contributed by atoms with Crippen LogP contribution in [0.15, 0.2) is 25.0 Å². The summed E-state index contributed by atoms with van der Waals surface area (Å²) in [5, 5.41) is 34.8. The van der Waals surface area contributed by atoms with Crippen molar-refractivity contribution in [3.05, 3.63) is 25.0 Å². The van der Waals surface area contributed by atoms with E-state index in [0.29, 0.717) is 6.42 Å². The maximum atomic E-state index is 9.12. The Labute approximate surface area is 123 Å². The van der Waals surface area contributed by atoms with Gasteiger partial charge in [-0.3, -0.25) is 0 Å². The van der Waals surface area contributed by atoms with E-state index in [2.05, 4.69) is 6.58 Å². The maximum Gasteiger partial charge on any atom is 0.0751 e. The highest BCUT2D eigenvalue weighted by molar-refractivity contribution is 4.72. The molecular weight excluding hydrogens is 256 g/mol. The summed E-state index contributed by atoms with van der Waals surface area (Å²) in [4.78, 5) is 0. The summed E-state index contributed by atoms with van der Waals surface area (Å²) in [6.07, 6.45) is 10.6. The minimum Gasteiger partial charge on any atom is -0.516 e. The van der Waals surface area contributed by atoms with Crippen molar-refractivity contribution in [2.75, 3.05) is 6.61 Å². The summed E-state index contributed by atoms with van der Waals surface area (Å²) in [6.45, 7) is 5.71. The van der Waals surface area contributed by atoms with Crippen LogP contribution in [0.1, 0.15) is 58.3 Å². The molecule has 0 rings (SSSR count). The number of allylic oxidation sites excluding steroid dienone is 1. The molecule has 0 bridgehead atoms. The number of aliphatic hydroxyl groups excluding tert-OH is 4. The largest absolute Gasteiger partial charge is 0.516 e. The molecule has 4 heteroatoms. The Morgan fingerprint density at radius 1 is 1.05 bits per heavy atom. The average molecular weight is 288 g/mol. The molecule has 0 amide bonds. The molecule has 0 fully saturated rings. The molecule has 0 spiro atoms. The van der Waals surface area contributed by atoms with Crippen molar-refractivity contribution in [3.63, 3.8) is 0 Å². The Hall–Kier alpha value is -0.840. The lowest BCUT2D eigenvalue weighted by atomic mass is 10.1. The summed E-state index contributed by atoms with van der Waals surface area (Å²) in [5.74, 6) is 0. The van der Waals surface area contributed by atoms with Crippen LogP contribution in [-0.2, 0) is 0 Å². The van der Waals surface area contributed by atoms with Crippen LogP contribution >= 0.6 is 0 Å². The predicted octanol–water partition coefficient (Wildman–Crippen LogP) is 3.09. The van der Waals surface area contributed by atoms with Crippen molar-refractivity contribution >= 4 is 0 Å². The van der Waals surface area contributed by atoms with Crippen LogP contribution in [0.5, 0.6) is 0 Å². The molecule has 0 radical (unpaired) electrons.